The number of aromatic nitrogens is 4. The van der Waals surface area contributed by atoms with E-state index in [0.29, 0.717) is 17.6 Å². The molecule has 3 heterocycles. The zero-order chi connectivity index (χ0) is 13.2. The van der Waals surface area contributed by atoms with Crippen molar-refractivity contribution in [1.29, 1.82) is 0 Å². The number of pyridine rings is 2. The zero-order valence-corrected chi connectivity index (χ0v) is 10.1. The Balaban J connectivity index is 2.17. The van der Waals surface area contributed by atoms with E-state index >= 15 is 0 Å². The quantitative estimate of drug-likeness (QED) is 0.725. The first-order valence-electron chi connectivity index (χ1n) is 5.89. The van der Waals surface area contributed by atoms with Gasteiger partial charge in [0, 0.05) is 24.2 Å². The van der Waals surface area contributed by atoms with Crippen molar-refractivity contribution in [1.82, 2.24) is 19.7 Å². The Labute approximate surface area is 108 Å². The maximum absolute atomic E-state index is 11.8. The van der Waals surface area contributed by atoms with E-state index in [1.165, 1.54) is 0 Å². The molecule has 0 aliphatic carbocycles. The normalized spacial score (nSPS) is 11.0. The molecule has 0 radical (unpaired) electrons. The fourth-order valence-electron chi connectivity index (χ4n) is 2.04. The average molecular weight is 256 g/mol. The van der Waals surface area contributed by atoms with Crippen molar-refractivity contribution in [3.05, 3.63) is 47.1 Å². The molecule has 2 N–H and O–H groups in total. The lowest BCUT2D eigenvalue weighted by atomic mass is 10.1. The van der Waals surface area contributed by atoms with E-state index in [-0.39, 0.29) is 12.2 Å². The number of nitrogens with zero attached hydrogens (tertiary/aromatic N) is 3. The molecule has 19 heavy (non-hydrogen) atoms. The highest BCUT2D eigenvalue weighted by atomic mass is 16.3. The molecule has 96 valence electrons. The third-order valence-electron chi connectivity index (χ3n) is 2.94. The van der Waals surface area contributed by atoms with Gasteiger partial charge in [-0.15, -0.1) is 0 Å². The molecular formula is C13H12N4O2. The van der Waals surface area contributed by atoms with Crippen LogP contribution >= 0.6 is 0 Å². The van der Waals surface area contributed by atoms with Crippen LogP contribution in [-0.2, 0) is 6.54 Å². The summed E-state index contributed by atoms with van der Waals surface area (Å²) in [6.07, 6.45) is 5.10. The number of aliphatic hydroxyl groups excluding tert-OH is 1. The third-order valence-corrected chi connectivity index (χ3v) is 2.94. The van der Waals surface area contributed by atoms with Crippen LogP contribution in [0.4, 0.5) is 0 Å². The number of fused-ring (bicyclic) bond motifs is 1. The average Bonchev–Trinajstić information content (AvgIpc) is 2.77. The fourth-order valence-corrected chi connectivity index (χ4v) is 2.04. The molecule has 0 unspecified atom stereocenters. The van der Waals surface area contributed by atoms with Gasteiger partial charge in [-0.3, -0.25) is 19.6 Å². The van der Waals surface area contributed by atoms with Crippen LogP contribution in [0.25, 0.3) is 22.2 Å². The smallest absolute Gasteiger partial charge is 0.273 e. The predicted molar refractivity (Wildman–Crippen MR) is 70.7 cm³/mol. The Morgan fingerprint density at radius 1 is 1.26 bits per heavy atom. The molecule has 0 fully saturated rings. The minimum absolute atomic E-state index is 0.0481. The molecule has 6 nitrogen and oxygen atoms in total. The Kier molecular flexibility index (Phi) is 2.85. The molecule has 6 heteroatoms. The van der Waals surface area contributed by atoms with E-state index in [1.54, 1.807) is 29.3 Å². The summed E-state index contributed by atoms with van der Waals surface area (Å²) in [5.74, 6) is 0. The first-order chi connectivity index (χ1) is 9.29. The molecule has 0 saturated carbocycles. The van der Waals surface area contributed by atoms with Crippen LogP contribution in [0.3, 0.4) is 0 Å². The molecule has 0 aromatic carbocycles. The van der Waals surface area contributed by atoms with E-state index in [0.717, 1.165) is 11.1 Å². The molecule has 0 aliphatic heterocycles. The number of aromatic amines is 1. The van der Waals surface area contributed by atoms with Crippen LogP contribution < -0.4 is 5.56 Å². The van der Waals surface area contributed by atoms with Gasteiger partial charge >= 0.3 is 0 Å². The van der Waals surface area contributed by atoms with Crippen LogP contribution in [0.2, 0.25) is 0 Å². The minimum atomic E-state index is -0.202. The van der Waals surface area contributed by atoms with Crippen LogP contribution in [0, 0.1) is 0 Å². The number of hydrogen-bond acceptors (Lipinski definition) is 4. The van der Waals surface area contributed by atoms with E-state index in [4.69, 9.17) is 5.11 Å². The van der Waals surface area contributed by atoms with Gasteiger partial charge in [-0.1, -0.05) is 0 Å². The van der Waals surface area contributed by atoms with Crippen molar-refractivity contribution < 1.29 is 5.11 Å². The Hall–Kier alpha value is -2.47. The van der Waals surface area contributed by atoms with Crippen molar-refractivity contribution in [2.24, 2.45) is 0 Å². The number of rotatable bonds is 3. The lowest BCUT2D eigenvalue weighted by Crippen LogP contribution is -2.08. The Morgan fingerprint density at radius 2 is 2.05 bits per heavy atom. The molecular weight excluding hydrogens is 244 g/mol. The van der Waals surface area contributed by atoms with Gasteiger partial charge in [0.05, 0.1) is 18.5 Å². The monoisotopic (exact) mass is 256 g/mol. The molecule has 3 aromatic rings. The second-order valence-electron chi connectivity index (χ2n) is 4.15. The summed E-state index contributed by atoms with van der Waals surface area (Å²) in [5, 5.41) is 12.1. The standard InChI is InChI=1S/C13H12N4O2/c18-6-5-17-12-11(13(19)16-17)7-10(8-15-12)9-1-3-14-4-2-9/h1-4,7-8,18H,5-6H2,(H,16,19). The Morgan fingerprint density at radius 3 is 2.79 bits per heavy atom. The molecule has 0 bridgehead atoms. The Bertz CT molecular complexity index is 761. The zero-order valence-electron chi connectivity index (χ0n) is 10.1. The second kappa shape index (κ2) is 4.66. The van der Waals surface area contributed by atoms with Gasteiger partial charge in [0.15, 0.2) is 5.65 Å². The van der Waals surface area contributed by atoms with Gasteiger partial charge in [-0.05, 0) is 23.8 Å². The summed E-state index contributed by atoms with van der Waals surface area (Å²) in [6, 6.07) is 5.52. The summed E-state index contributed by atoms with van der Waals surface area (Å²) in [6.45, 7) is 0.272. The largest absolute Gasteiger partial charge is 0.394 e. The summed E-state index contributed by atoms with van der Waals surface area (Å²) in [7, 11) is 0. The lowest BCUT2D eigenvalue weighted by molar-refractivity contribution is 0.271. The van der Waals surface area contributed by atoms with Crippen LogP contribution in [0.5, 0.6) is 0 Å². The van der Waals surface area contributed by atoms with Gasteiger partial charge in [0.25, 0.3) is 5.56 Å². The van der Waals surface area contributed by atoms with E-state index in [9.17, 15) is 4.79 Å². The van der Waals surface area contributed by atoms with Gasteiger partial charge < -0.3 is 5.11 Å². The van der Waals surface area contributed by atoms with Crippen LogP contribution in [-0.4, -0.2) is 31.5 Å². The minimum Gasteiger partial charge on any atom is -0.394 e. The summed E-state index contributed by atoms with van der Waals surface area (Å²) in [5.41, 5.74) is 2.17. The number of nitrogens with one attached hydrogen (secondary N) is 1. The maximum Gasteiger partial charge on any atom is 0.273 e. The first-order valence-corrected chi connectivity index (χ1v) is 5.89. The van der Waals surface area contributed by atoms with E-state index in [1.807, 2.05) is 12.1 Å². The lowest BCUT2D eigenvalue weighted by Gasteiger charge is -2.02. The van der Waals surface area contributed by atoms with Crippen molar-refractivity contribution in [2.75, 3.05) is 6.61 Å². The van der Waals surface area contributed by atoms with Crippen LogP contribution in [0.1, 0.15) is 0 Å². The van der Waals surface area contributed by atoms with Crippen molar-refractivity contribution in [2.45, 2.75) is 6.54 Å². The fraction of sp³-hybridized carbons (Fsp3) is 0.154. The summed E-state index contributed by atoms with van der Waals surface area (Å²) < 4.78 is 1.55. The number of aliphatic hydroxyl groups is 1. The van der Waals surface area contributed by atoms with E-state index < -0.39 is 0 Å². The summed E-state index contributed by atoms with van der Waals surface area (Å²) >= 11 is 0. The number of H-pyrrole nitrogens is 1. The molecule has 0 atom stereocenters. The van der Waals surface area contributed by atoms with E-state index in [2.05, 4.69) is 15.1 Å². The van der Waals surface area contributed by atoms with Crippen molar-refractivity contribution in [3.63, 3.8) is 0 Å². The highest BCUT2D eigenvalue weighted by Crippen LogP contribution is 2.20. The van der Waals surface area contributed by atoms with Gasteiger partial charge in [-0.25, -0.2) is 4.98 Å². The van der Waals surface area contributed by atoms with Crippen LogP contribution in [0.15, 0.2) is 41.6 Å². The van der Waals surface area contributed by atoms with Gasteiger partial charge in [0.2, 0.25) is 0 Å². The van der Waals surface area contributed by atoms with Crippen molar-refractivity contribution >= 4 is 11.0 Å². The molecule has 0 saturated heterocycles. The third kappa shape index (κ3) is 2.02. The molecule has 0 aliphatic rings. The van der Waals surface area contributed by atoms with Gasteiger partial charge in [0.1, 0.15) is 0 Å². The maximum atomic E-state index is 11.8. The molecule has 0 spiro atoms. The topological polar surface area (TPSA) is 83.8 Å². The SMILES string of the molecule is O=c1[nH]n(CCO)c2ncc(-c3ccncc3)cc12. The molecule has 0 amide bonds. The predicted octanol–water partition coefficient (Wildman–Crippen LogP) is 0.779. The van der Waals surface area contributed by atoms with Crippen molar-refractivity contribution in [3.8, 4) is 11.1 Å². The second-order valence-corrected chi connectivity index (χ2v) is 4.15. The highest BCUT2D eigenvalue weighted by molar-refractivity contribution is 5.80. The highest BCUT2D eigenvalue weighted by Gasteiger charge is 2.09. The first kappa shape index (κ1) is 11.6. The summed E-state index contributed by atoms with van der Waals surface area (Å²) in [4.78, 5) is 20.1. The molecule has 3 rings (SSSR count). The number of hydrogen-bond donors (Lipinski definition) is 2. The molecule has 3 aromatic heterocycles. The van der Waals surface area contributed by atoms with Gasteiger partial charge in [-0.2, -0.15) is 0 Å².